The highest BCUT2D eigenvalue weighted by atomic mass is 16.5. The number of aliphatic hydroxyl groups excluding tert-OH is 2. The van der Waals surface area contributed by atoms with E-state index in [-0.39, 0.29) is 18.5 Å². The van der Waals surface area contributed by atoms with E-state index in [1.54, 1.807) is 6.08 Å². The summed E-state index contributed by atoms with van der Waals surface area (Å²) in [4.78, 5) is 24.6. The highest BCUT2D eigenvalue weighted by Crippen LogP contribution is 2.20. The Morgan fingerprint density at radius 2 is 0.540 bits per heavy atom. The van der Waals surface area contributed by atoms with Crippen molar-refractivity contribution in [1.82, 2.24) is 5.32 Å². The van der Waals surface area contributed by atoms with Crippen molar-refractivity contribution in [3.8, 4) is 0 Å². The Kier molecular flexibility index (Phi) is 75.3. The van der Waals surface area contributed by atoms with E-state index in [9.17, 15) is 19.8 Å². The minimum atomic E-state index is -0.845. The summed E-state index contributed by atoms with van der Waals surface area (Å²) in [5.74, 6) is -0.0396. The lowest BCUT2D eigenvalue weighted by atomic mass is 10.0. The number of unbranched alkanes of at least 4 members (excludes halogenated alkanes) is 63. The topological polar surface area (TPSA) is 95.9 Å². The van der Waals surface area contributed by atoms with Crippen LogP contribution in [0.3, 0.4) is 0 Å². The predicted molar refractivity (Wildman–Crippen MR) is 384 cm³/mol. The average molecular weight is 1230 g/mol. The summed E-state index contributed by atoms with van der Waals surface area (Å²) >= 11 is 0. The van der Waals surface area contributed by atoms with Gasteiger partial charge in [0, 0.05) is 12.8 Å². The number of hydrogen-bond donors (Lipinski definition) is 3. The van der Waals surface area contributed by atoms with Crippen molar-refractivity contribution in [2.75, 3.05) is 13.2 Å². The first kappa shape index (κ1) is 85.3. The van der Waals surface area contributed by atoms with Crippen LogP contribution in [-0.4, -0.2) is 47.4 Å². The molecule has 3 N–H and O–H groups in total. The fourth-order valence-corrected chi connectivity index (χ4v) is 12.9. The molecule has 1 amide bonds. The molecule has 0 heterocycles. The lowest BCUT2D eigenvalue weighted by molar-refractivity contribution is -0.143. The van der Waals surface area contributed by atoms with Gasteiger partial charge in [0.2, 0.25) is 5.91 Å². The number of carbonyl (C=O) groups excluding carboxylic acids is 2. The van der Waals surface area contributed by atoms with Gasteiger partial charge < -0.3 is 20.3 Å². The molecule has 0 aliphatic heterocycles. The van der Waals surface area contributed by atoms with Crippen LogP contribution >= 0.6 is 0 Å². The van der Waals surface area contributed by atoms with Crippen LogP contribution < -0.4 is 5.32 Å². The largest absolute Gasteiger partial charge is 0.466 e. The van der Waals surface area contributed by atoms with Crippen LogP contribution in [0.15, 0.2) is 24.3 Å². The standard InChI is InChI=1S/C81H157NO5/c1-3-5-7-9-11-13-15-17-19-20-21-22-23-31-34-37-40-43-46-49-53-57-61-65-69-73-79(84)78(77-83)82-80(85)74-70-66-62-58-54-50-47-44-41-38-35-32-29-27-25-24-26-28-30-33-36-39-42-45-48-52-56-60-64-68-72-76-87-81(86)75-71-67-63-59-55-51-18-16-14-12-10-8-6-4-2/h26,28,69,73,78-79,83-84H,3-25,27,29-68,70-72,74-77H2,1-2H3,(H,82,85)/b28-26-,73-69+. The maximum Gasteiger partial charge on any atom is 0.305 e. The normalized spacial score (nSPS) is 12.6. The van der Waals surface area contributed by atoms with Crippen molar-refractivity contribution in [3.63, 3.8) is 0 Å². The van der Waals surface area contributed by atoms with E-state index in [2.05, 4.69) is 31.3 Å². The molecule has 0 radical (unpaired) electrons. The van der Waals surface area contributed by atoms with E-state index in [0.717, 1.165) is 38.5 Å². The second-order valence-corrected chi connectivity index (χ2v) is 27.8. The van der Waals surface area contributed by atoms with Crippen LogP contribution in [0, 0.1) is 0 Å². The third-order valence-corrected chi connectivity index (χ3v) is 19.0. The van der Waals surface area contributed by atoms with Crippen molar-refractivity contribution in [2.24, 2.45) is 0 Å². The number of hydrogen-bond acceptors (Lipinski definition) is 5. The zero-order valence-corrected chi connectivity index (χ0v) is 59.3. The monoisotopic (exact) mass is 1220 g/mol. The van der Waals surface area contributed by atoms with Gasteiger partial charge in [-0.2, -0.15) is 0 Å². The number of amides is 1. The summed E-state index contributed by atoms with van der Waals surface area (Å²) in [6.45, 7) is 4.96. The molecule has 0 aromatic carbocycles. The number of allylic oxidation sites excluding steroid dienone is 3. The smallest absolute Gasteiger partial charge is 0.305 e. The first-order valence-corrected chi connectivity index (χ1v) is 40.1. The second kappa shape index (κ2) is 76.8. The molecule has 0 aromatic heterocycles. The first-order chi connectivity index (χ1) is 43.0. The molecule has 87 heavy (non-hydrogen) atoms. The van der Waals surface area contributed by atoms with Crippen LogP contribution in [0.1, 0.15) is 457 Å². The molecule has 6 heteroatoms. The molecule has 0 saturated heterocycles. The van der Waals surface area contributed by atoms with E-state index in [4.69, 9.17) is 4.74 Å². The zero-order chi connectivity index (χ0) is 62.8. The molecule has 2 atom stereocenters. The lowest BCUT2D eigenvalue weighted by Crippen LogP contribution is -2.45. The molecule has 0 spiro atoms. The number of rotatable bonds is 76. The zero-order valence-electron chi connectivity index (χ0n) is 59.3. The number of carbonyl (C=O) groups is 2. The van der Waals surface area contributed by atoms with Gasteiger partial charge in [0.15, 0.2) is 0 Å². The van der Waals surface area contributed by atoms with Crippen LogP contribution in [0.25, 0.3) is 0 Å². The van der Waals surface area contributed by atoms with Crippen molar-refractivity contribution in [3.05, 3.63) is 24.3 Å². The molecule has 0 fully saturated rings. The average Bonchev–Trinajstić information content (AvgIpc) is 3.53. The van der Waals surface area contributed by atoms with Gasteiger partial charge >= 0.3 is 5.97 Å². The van der Waals surface area contributed by atoms with Gasteiger partial charge in [0.25, 0.3) is 0 Å². The van der Waals surface area contributed by atoms with Gasteiger partial charge in [-0.1, -0.05) is 411 Å². The van der Waals surface area contributed by atoms with Crippen LogP contribution in [0.2, 0.25) is 0 Å². The SMILES string of the molecule is CCCCCCCCCCCCCCCCCCCCCCCCC/C=C/C(O)C(CO)NC(=O)CCCCCCCCCCCCCCCCC/C=C\CCCCCCCCCCCCCCOC(=O)CCCCCCCCCCCCCCCC. The number of aliphatic hydroxyl groups is 2. The molecule has 2 unspecified atom stereocenters. The Bertz CT molecular complexity index is 1360. The lowest BCUT2D eigenvalue weighted by Gasteiger charge is -2.20. The second-order valence-electron chi connectivity index (χ2n) is 27.8. The van der Waals surface area contributed by atoms with E-state index in [0.29, 0.717) is 19.4 Å². The Hall–Kier alpha value is -1.66. The molecule has 0 aliphatic rings. The molecular weight excluding hydrogens is 1070 g/mol. The van der Waals surface area contributed by atoms with Gasteiger partial charge in [-0.3, -0.25) is 9.59 Å². The summed E-state index contributed by atoms with van der Waals surface area (Å²) in [6.07, 6.45) is 98.8. The van der Waals surface area contributed by atoms with Crippen LogP contribution in [0.4, 0.5) is 0 Å². The molecule has 516 valence electrons. The quantitative estimate of drug-likeness (QED) is 0.0320. The fraction of sp³-hybridized carbons (Fsp3) is 0.926. The molecule has 0 aromatic rings. The fourth-order valence-electron chi connectivity index (χ4n) is 12.9. The van der Waals surface area contributed by atoms with Crippen molar-refractivity contribution in [2.45, 2.75) is 469 Å². The number of esters is 1. The first-order valence-electron chi connectivity index (χ1n) is 40.1. The summed E-state index contributed by atoms with van der Waals surface area (Å²) < 4.78 is 5.50. The Balaban J connectivity index is 3.38. The third-order valence-electron chi connectivity index (χ3n) is 19.0. The van der Waals surface area contributed by atoms with Crippen LogP contribution in [-0.2, 0) is 14.3 Å². The third kappa shape index (κ3) is 73.3. The van der Waals surface area contributed by atoms with Crippen molar-refractivity contribution >= 4 is 11.9 Å². The molecule has 0 saturated carbocycles. The number of ether oxygens (including phenoxy) is 1. The Morgan fingerprint density at radius 1 is 0.310 bits per heavy atom. The Morgan fingerprint density at radius 3 is 0.816 bits per heavy atom. The summed E-state index contributed by atoms with van der Waals surface area (Å²) in [5.41, 5.74) is 0. The van der Waals surface area contributed by atoms with E-state index in [1.807, 2.05) is 6.08 Å². The molecule has 6 nitrogen and oxygen atoms in total. The van der Waals surface area contributed by atoms with E-state index >= 15 is 0 Å². The highest BCUT2D eigenvalue weighted by molar-refractivity contribution is 5.76. The van der Waals surface area contributed by atoms with Gasteiger partial charge in [-0.15, -0.1) is 0 Å². The molecule has 0 bridgehead atoms. The van der Waals surface area contributed by atoms with Gasteiger partial charge in [0.1, 0.15) is 0 Å². The minimum Gasteiger partial charge on any atom is -0.466 e. The number of nitrogens with one attached hydrogen (secondary N) is 1. The molecule has 0 aliphatic carbocycles. The maximum atomic E-state index is 12.6. The Labute approximate surface area is 545 Å². The van der Waals surface area contributed by atoms with Crippen molar-refractivity contribution in [1.29, 1.82) is 0 Å². The predicted octanol–water partition coefficient (Wildman–Crippen LogP) is 26.4. The van der Waals surface area contributed by atoms with Gasteiger partial charge in [-0.25, -0.2) is 0 Å². The minimum absolute atomic E-state index is 0.0207. The van der Waals surface area contributed by atoms with E-state index < -0.39 is 12.1 Å². The maximum absolute atomic E-state index is 12.6. The summed E-state index contributed by atoms with van der Waals surface area (Å²) in [7, 11) is 0. The van der Waals surface area contributed by atoms with Gasteiger partial charge in [-0.05, 0) is 57.8 Å². The van der Waals surface area contributed by atoms with E-state index in [1.165, 1.54) is 392 Å². The molecule has 0 rings (SSSR count). The summed E-state index contributed by atoms with van der Waals surface area (Å²) in [6, 6.07) is -0.628. The van der Waals surface area contributed by atoms with Crippen molar-refractivity contribution < 1.29 is 24.5 Å². The summed E-state index contributed by atoms with van der Waals surface area (Å²) in [5, 5.41) is 23.3. The van der Waals surface area contributed by atoms with Crippen LogP contribution in [0.5, 0.6) is 0 Å². The molecular formula is C81H157NO5. The highest BCUT2D eigenvalue weighted by Gasteiger charge is 2.18. The van der Waals surface area contributed by atoms with Gasteiger partial charge in [0.05, 0.1) is 25.4 Å².